The Labute approximate surface area is 145 Å². The van der Waals surface area contributed by atoms with Crippen LogP contribution in [-0.2, 0) is 0 Å². The second kappa shape index (κ2) is 6.31. The normalized spacial score (nSPS) is 10.7. The number of benzene rings is 2. The highest BCUT2D eigenvalue weighted by atomic mass is 35.5. The van der Waals surface area contributed by atoms with Crippen molar-refractivity contribution in [1.82, 2.24) is 0 Å². The Hall–Kier alpha value is -0.150. The lowest BCUT2D eigenvalue weighted by Crippen LogP contribution is -2.04. The molecule has 0 bridgehead atoms. The van der Waals surface area contributed by atoms with E-state index in [-0.39, 0.29) is 30.7 Å². The predicted octanol–water partition coefficient (Wildman–Crippen LogP) is 6.84. The van der Waals surface area contributed by atoms with E-state index in [9.17, 15) is 4.79 Å². The van der Waals surface area contributed by atoms with Crippen LogP contribution in [0.2, 0.25) is 30.1 Å². The third-order valence-electron chi connectivity index (χ3n) is 2.52. The van der Waals surface area contributed by atoms with Gasteiger partial charge in [0.1, 0.15) is 0 Å². The molecule has 20 heavy (non-hydrogen) atoms. The summed E-state index contributed by atoms with van der Waals surface area (Å²) < 4.78 is 0. The molecule has 0 aliphatic heterocycles. The number of carbonyl (C=O) groups excluding carboxylic acids is 1. The minimum absolute atomic E-state index is 0.000221. The van der Waals surface area contributed by atoms with Crippen LogP contribution in [0.25, 0.3) is 0 Å². The minimum atomic E-state index is -0.419. The molecule has 0 aliphatic carbocycles. The van der Waals surface area contributed by atoms with Gasteiger partial charge in [-0.2, -0.15) is 0 Å². The maximum Gasteiger partial charge on any atom is 0.196 e. The number of halogens is 6. The fraction of sp³-hybridized carbons (Fsp3) is 0. The summed E-state index contributed by atoms with van der Waals surface area (Å²) in [6.45, 7) is 0. The molecular formula is C13H4Cl6O. The summed E-state index contributed by atoms with van der Waals surface area (Å²) in [5, 5.41) is 0.952. The zero-order chi connectivity index (χ0) is 15.0. The molecule has 0 amide bonds. The van der Waals surface area contributed by atoms with Crippen molar-refractivity contribution in [2.45, 2.75) is 0 Å². The van der Waals surface area contributed by atoms with Gasteiger partial charge in [0.05, 0.1) is 35.7 Å². The van der Waals surface area contributed by atoms with Gasteiger partial charge in [-0.05, 0) is 24.3 Å². The molecular weight excluding hydrogens is 385 g/mol. The van der Waals surface area contributed by atoms with E-state index >= 15 is 0 Å². The molecule has 0 N–H and O–H groups in total. The molecule has 2 aromatic rings. The Morgan fingerprint density at radius 2 is 1.35 bits per heavy atom. The third-order valence-corrected chi connectivity index (χ3v) is 4.82. The van der Waals surface area contributed by atoms with Gasteiger partial charge in [-0.15, -0.1) is 0 Å². The molecule has 0 heterocycles. The Kier molecular flexibility index (Phi) is 5.12. The molecule has 0 spiro atoms. The molecule has 0 aromatic heterocycles. The SMILES string of the molecule is O=C(c1ccc(Cl)c(Cl)c1)c1c(Cl)cc(Cl)c(Cl)c1Cl. The monoisotopic (exact) mass is 386 g/mol. The highest BCUT2D eigenvalue weighted by Crippen LogP contribution is 2.38. The van der Waals surface area contributed by atoms with Crippen LogP contribution in [0.5, 0.6) is 0 Å². The van der Waals surface area contributed by atoms with Crippen molar-refractivity contribution in [2.24, 2.45) is 0 Å². The molecule has 7 heteroatoms. The number of rotatable bonds is 2. The van der Waals surface area contributed by atoms with Gasteiger partial charge < -0.3 is 0 Å². The number of carbonyl (C=O) groups is 1. The Morgan fingerprint density at radius 1 is 0.700 bits per heavy atom. The quantitative estimate of drug-likeness (QED) is 0.312. The van der Waals surface area contributed by atoms with E-state index in [2.05, 4.69) is 0 Å². The van der Waals surface area contributed by atoms with Crippen LogP contribution in [0, 0.1) is 0 Å². The lowest BCUT2D eigenvalue weighted by Gasteiger charge is -2.09. The van der Waals surface area contributed by atoms with E-state index in [0.29, 0.717) is 10.6 Å². The van der Waals surface area contributed by atoms with Gasteiger partial charge in [0.25, 0.3) is 0 Å². The molecule has 0 unspecified atom stereocenters. The van der Waals surface area contributed by atoms with Crippen LogP contribution in [0.4, 0.5) is 0 Å². The van der Waals surface area contributed by atoms with Gasteiger partial charge in [-0.25, -0.2) is 0 Å². The average Bonchev–Trinajstić information content (AvgIpc) is 2.39. The molecule has 0 saturated carbocycles. The maximum absolute atomic E-state index is 12.4. The van der Waals surface area contributed by atoms with E-state index in [4.69, 9.17) is 69.6 Å². The molecule has 0 fully saturated rings. The lowest BCUT2D eigenvalue weighted by molar-refractivity contribution is 0.103. The molecule has 104 valence electrons. The number of ketones is 1. The fourth-order valence-electron chi connectivity index (χ4n) is 1.56. The molecule has 0 atom stereocenters. The van der Waals surface area contributed by atoms with E-state index in [0.717, 1.165) is 0 Å². The second-order valence-corrected chi connectivity index (χ2v) is 6.19. The maximum atomic E-state index is 12.4. The Bertz CT molecular complexity index is 710. The minimum Gasteiger partial charge on any atom is -0.288 e. The summed E-state index contributed by atoms with van der Waals surface area (Å²) in [6.07, 6.45) is 0. The lowest BCUT2D eigenvalue weighted by atomic mass is 10.0. The first-order valence-electron chi connectivity index (χ1n) is 5.15. The zero-order valence-electron chi connectivity index (χ0n) is 9.49. The van der Waals surface area contributed by atoms with Crippen LogP contribution in [0.3, 0.4) is 0 Å². The van der Waals surface area contributed by atoms with E-state index in [1.54, 1.807) is 0 Å². The van der Waals surface area contributed by atoms with Crippen molar-refractivity contribution in [1.29, 1.82) is 0 Å². The van der Waals surface area contributed by atoms with Gasteiger partial charge >= 0.3 is 0 Å². The topological polar surface area (TPSA) is 17.1 Å². The van der Waals surface area contributed by atoms with Crippen molar-refractivity contribution in [3.8, 4) is 0 Å². The third kappa shape index (κ3) is 3.04. The van der Waals surface area contributed by atoms with Crippen molar-refractivity contribution in [2.75, 3.05) is 0 Å². The van der Waals surface area contributed by atoms with E-state index < -0.39 is 5.78 Å². The van der Waals surface area contributed by atoms with Crippen molar-refractivity contribution < 1.29 is 4.79 Å². The number of hydrogen-bond acceptors (Lipinski definition) is 1. The largest absolute Gasteiger partial charge is 0.288 e. The van der Waals surface area contributed by atoms with Crippen molar-refractivity contribution >= 4 is 75.4 Å². The fourth-order valence-corrected chi connectivity index (χ4v) is 2.94. The van der Waals surface area contributed by atoms with Crippen LogP contribution in [0.1, 0.15) is 15.9 Å². The van der Waals surface area contributed by atoms with Gasteiger partial charge in [0.2, 0.25) is 0 Å². The second-order valence-electron chi connectivity index (χ2n) is 3.80. The summed E-state index contributed by atoms with van der Waals surface area (Å²) in [6, 6.07) is 5.83. The summed E-state index contributed by atoms with van der Waals surface area (Å²) in [4.78, 5) is 12.4. The Balaban J connectivity index is 2.59. The van der Waals surface area contributed by atoms with Crippen LogP contribution >= 0.6 is 69.6 Å². The highest BCUT2D eigenvalue weighted by Gasteiger charge is 2.21. The zero-order valence-corrected chi connectivity index (χ0v) is 14.0. The van der Waals surface area contributed by atoms with Crippen LogP contribution < -0.4 is 0 Å². The predicted molar refractivity (Wildman–Crippen MR) is 86.4 cm³/mol. The molecule has 2 aromatic carbocycles. The van der Waals surface area contributed by atoms with Gasteiger partial charge in [-0.1, -0.05) is 69.6 Å². The van der Waals surface area contributed by atoms with Crippen LogP contribution in [-0.4, -0.2) is 5.78 Å². The van der Waals surface area contributed by atoms with Crippen molar-refractivity contribution in [3.05, 3.63) is 65.5 Å². The van der Waals surface area contributed by atoms with Gasteiger partial charge in [0, 0.05) is 5.56 Å². The van der Waals surface area contributed by atoms with Gasteiger partial charge in [0.15, 0.2) is 5.78 Å². The summed E-state index contributed by atoms with van der Waals surface area (Å²) >= 11 is 35.5. The molecule has 2 rings (SSSR count). The summed E-state index contributed by atoms with van der Waals surface area (Å²) in [5.74, 6) is -0.419. The summed E-state index contributed by atoms with van der Waals surface area (Å²) in [5.41, 5.74) is 0.364. The highest BCUT2D eigenvalue weighted by molar-refractivity contribution is 6.51. The van der Waals surface area contributed by atoms with Crippen LogP contribution in [0.15, 0.2) is 24.3 Å². The average molecular weight is 389 g/mol. The molecule has 0 saturated heterocycles. The first kappa shape index (κ1) is 16.2. The smallest absolute Gasteiger partial charge is 0.196 e. The molecule has 0 radical (unpaired) electrons. The molecule has 1 nitrogen and oxygen atoms in total. The Morgan fingerprint density at radius 3 is 1.95 bits per heavy atom. The summed E-state index contributed by atoms with van der Waals surface area (Å²) in [7, 11) is 0. The first-order valence-corrected chi connectivity index (χ1v) is 7.42. The van der Waals surface area contributed by atoms with Crippen molar-refractivity contribution in [3.63, 3.8) is 0 Å². The first-order chi connectivity index (χ1) is 9.32. The molecule has 0 aliphatic rings. The van der Waals surface area contributed by atoms with E-state index in [1.807, 2.05) is 0 Å². The standard InChI is InChI=1S/C13H4Cl6O/c14-6-2-1-5(3-7(6)15)13(20)10-8(16)4-9(17)11(18)12(10)19/h1-4H. The van der Waals surface area contributed by atoms with E-state index in [1.165, 1.54) is 24.3 Å². The van der Waals surface area contributed by atoms with Gasteiger partial charge in [-0.3, -0.25) is 4.79 Å². The number of hydrogen-bond donors (Lipinski definition) is 0.